The maximum absolute atomic E-state index is 12.7. The van der Waals surface area contributed by atoms with Crippen molar-refractivity contribution in [2.24, 2.45) is 22.4 Å². The Labute approximate surface area is 185 Å². The third-order valence-electron chi connectivity index (χ3n) is 6.76. The van der Waals surface area contributed by atoms with E-state index in [1.54, 1.807) is 0 Å². The lowest BCUT2D eigenvalue weighted by atomic mass is 9.49. The summed E-state index contributed by atoms with van der Waals surface area (Å²) < 4.78 is 28.2. The Morgan fingerprint density at radius 2 is 1.80 bits per heavy atom. The predicted molar refractivity (Wildman–Crippen MR) is 115 cm³/mol. The number of sulfonamides is 1. The van der Waals surface area contributed by atoms with E-state index in [-0.39, 0.29) is 20.6 Å². The number of nitrogens with one attached hydrogen (secondary N) is 1. The van der Waals surface area contributed by atoms with Crippen molar-refractivity contribution >= 4 is 43.5 Å². The molecule has 9 heteroatoms. The molecule has 1 amide bonds. The van der Waals surface area contributed by atoms with E-state index in [1.165, 1.54) is 50.5 Å². The minimum Gasteiger partial charge on any atom is -0.453 e. The van der Waals surface area contributed by atoms with E-state index in [2.05, 4.69) is 21.2 Å². The number of carbonyl (C=O) groups is 2. The normalized spacial score (nSPS) is 33.2. The van der Waals surface area contributed by atoms with Gasteiger partial charge in [-0.2, -0.15) is 0 Å². The third-order valence-corrected chi connectivity index (χ3v) is 8.62. The second-order valence-electron chi connectivity index (χ2n) is 9.48. The highest BCUT2D eigenvalue weighted by Crippen LogP contribution is 2.65. The Kier molecular flexibility index (Phi) is 5.51. The zero-order chi connectivity index (χ0) is 21.7. The number of hydrogen-bond acceptors (Lipinski definition) is 5. The molecular weight excluding hydrogens is 472 g/mol. The molecule has 0 heterocycles. The summed E-state index contributed by atoms with van der Waals surface area (Å²) in [5.41, 5.74) is 0.391. The quantitative estimate of drug-likeness (QED) is 0.460. The molecule has 3 atom stereocenters. The van der Waals surface area contributed by atoms with E-state index in [0.29, 0.717) is 23.9 Å². The molecule has 4 bridgehead atoms. The predicted octanol–water partition coefficient (Wildman–Crippen LogP) is 3.33. The Bertz CT molecular complexity index is 948. The SMILES string of the molecule is CC(OC(=O)CC12CC3CC(CC(Br)(C3)C1)C2)C(=O)Nc1ccc(S(N)(=O)=O)cc1. The summed E-state index contributed by atoms with van der Waals surface area (Å²) in [5.74, 6) is 0.563. The summed E-state index contributed by atoms with van der Waals surface area (Å²) in [6.45, 7) is 1.54. The first-order chi connectivity index (χ1) is 14.0. The fraction of sp³-hybridized carbons (Fsp3) is 0.619. The summed E-state index contributed by atoms with van der Waals surface area (Å²) in [6.07, 6.45) is 6.22. The molecule has 7 nitrogen and oxygen atoms in total. The van der Waals surface area contributed by atoms with Gasteiger partial charge in [0.1, 0.15) is 0 Å². The number of hydrogen-bond donors (Lipinski definition) is 2. The van der Waals surface area contributed by atoms with Gasteiger partial charge in [-0.1, -0.05) is 15.9 Å². The number of rotatable bonds is 6. The average Bonchev–Trinajstić information content (AvgIpc) is 2.58. The molecule has 3 N–H and O–H groups in total. The summed E-state index contributed by atoms with van der Waals surface area (Å²) >= 11 is 3.95. The van der Waals surface area contributed by atoms with Gasteiger partial charge in [-0.25, -0.2) is 13.6 Å². The van der Waals surface area contributed by atoms with Gasteiger partial charge >= 0.3 is 5.97 Å². The van der Waals surface area contributed by atoms with Crippen LogP contribution in [0.2, 0.25) is 0 Å². The molecule has 0 aromatic heterocycles. The fourth-order valence-corrected chi connectivity index (χ4v) is 8.14. The van der Waals surface area contributed by atoms with Gasteiger partial charge in [0, 0.05) is 10.0 Å². The van der Waals surface area contributed by atoms with Crippen molar-refractivity contribution in [3.8, 4) is 0 Å². The van der Waals surface area contributed by atoms with Crippen LogP contribution in [0.3, 0.4) is 0 Å². The minimum absolute atomic E-state index is 0.00951. The van der Waals surface area contributed by atoms with Gasteiger partial charge < -0.3 is 10.1 Å². The summed E-state index contributed by atoms with van der Waals surface area (Å²) in [6, 6.07) is 5.50. The number of anilines is 1. The van der Waals surface area contributed by atoms with Gasteiger partial charge in [0.25, 0.3) is 5.91 Å². The van der Waals surface area contributed by atoms with Crippen LogP contribution in [0.25, 0.3) is 0 Å². The van der Waals surface area contributed by atoms with Crippen LogP contribution in [0.5, 0.6) is 0 Å². The third kappa shape index (κ3) is 4.57. The second kappa shape index (κ2) is 7.60. The molecule has 4 saturated carbocycles. The molecule has 3 unspecified atom stereocenters. The minimum atomic E-state index is -3.79. The van der Waals surface area contributed by atoms with Gasteiger partial charge in [-0.15, -0.1) is 0 Å². The van der Waals surface area contributed by atoms with E-state index in [0.717, 1.165) is 19.3 Å². The van der Waals surface area contributed by atoms with Crippen molar-refractivity contribution < 1.29 is 22.7 Å². The number of amides is 1. The molecule has 30 heavy (non-hydrogen) atoms. The van der Waals surface area contributed by atoms with Crippen LogP contribution in [-0.4, -0.2) is 30.7 Å². The molecule has 4 aliphatic rings. The van der Waals surface area contributed by atoms with Gasteiger partial charge in [0.15, 0.2) is 6.10 Å². The molecule has 5 rings (SSSR count). The smallest absolute Gasteiger partial charge is 0.307 e. The highest BCUT2D eigenvalue weighted by atomic mass is 79.9. The first-order valence-corrected chi connectivity index (χ1v) is 12.6. The summed E-state index contributed by atoms with van der Waals surface area (Å²) in [4.78, 5) is 25.0. The Morgan fingerprint density at radius 3 is 2.33 bits per heavy atom. The number of ether oxygens (including phenoxy) is 1. The van der Waals surface area contributed by atoms with E-state index >= 15 is 0 Å². The van der Waals surface area contributed by atoms with Gasteiger partial charge in [-0.05, 0) is 87.0 Å². The van der Waals surface area contributed by atoms with E-state index in [9.17, 15) is 18.0 Å². The summed E-state index contributed by atoms with van der Waals surface area (Å²) in [7, 11) is -3.79. The van der Waals surface area contributed by atoms with Gasteiger partial charge in [-0.3, -0.25) is 9.59 Å². The molecule has 0 spiro atoms. The molecule has 4 aliphatic carbocycles. The van der Waals surface area contributed by atoms with Crippen LogP contribution in [0.4, 0.5) is 5.69 Å². The average molecular weight is 499 g/mol. The molecule has 1 aromatic carbocycles. The number of halogens is 1. The number of benzene rings is 1. The number of primary sulfonamides is 1. The topological polar surface area (TPSA) is 116 Å². The Hall–Kier alpha value is -1.45. The maximum atomic E-state index is 12.7. The van der Waals surface area contributed by atoms with Crippen LogP contribution in [-0.2, 0) is 24.3 Å². The van der Waals surface area contributed by atoms with Crippen LogP contribution in [0.1, 0.15) is 51.9 Å². The molecule has 1 aromatic rings. The van der Waals surface area contributed by atoms with Crippen molar-refractivity contribution in [2.75, 3.05) is 5.32 Å². The van der Waals surface area contributed by atoms with E-state index in [4.69, 9.17) is 9.88 Å². The monoisotopic (exact) mass is 498 g/mol. The van der Waals surface area contributed by atoms with Crippen molar-refractivity contribution in [2.45, 2.75) is 67.2 Å². The lowest BCUT2D eigenvalue weighted by Crippen LogP contribution is -2.53. The first kappa shape index (κ1) is 21.8. The highest BCUT2D eigenvalue weighted by Gasteiger charge is 2.57. The van der Waals surface area contributed by atoms with Crippen molar-refractivity contribution in [1.29, 1.82) is 0 Å². The van der Waals surface area contributed by atoms with E-state index in [1.807, 2.05) is 0 Å². The summed E-state index contributed by atoms with van der Waals surface area (Å²) in [5, 5.41) is 7.70. The number of carbonyl (C=O) groups excluding carboxylic acids is 2. The second-order valence-corrected chi connectivity index (χ2v) is 12.7. The van der Waals surface area contributed by atoms with Crippen molar-refractivity contribution in [1.82, 2.24) is 0 Å². The first-order valence-electron chi connectivity index (χ1n) is 10.3. The van der Waals surface area contributed by atoms with Gasteiger partial charge in [0.2, 0.25) is 10.0 Å². The van der Waals surface area contributed by atoms with E-state index < -0.39 is 22.0 Å². The maximum Gasteiger partial charge on any atom is 0.307 e. The molecule has 0 saturated heterocycles. The Balaban J connectivity index is 1.33. The molecule has 164 valence electrons. The largest absolute Gasteiger partial charge is 0.453 e. The standard InChI is InChI=1S/C21H27BrN2O5S/c1-13(19(26)24-16-2-4-17(5-3-16)30(23,27)28)29-18(25)11-20-7-14-6-15(8-20)10-21(22,9-14)12-20/h2-5,13-15H,6-12H2,1H3,(H,24,26)(H2,23,27,28). The highest BCUT2D eigenvalue weighted by molar-refractivity contribution is 9.10. The molecule has 0 radical (unpaired) electrons. The molecule has 4 fully saturated rings. The molecule has 0 aliphatic heterocycles. The lowest BCUT2D eigenvalue weighted by Gasteiger charge is -2.60. The number of nitrogens with two attached hydrogens (primary N) is 1. The zero-order valence-electron chi connectivity index (χ0n) is 16.9. The van der Waals surface area contributed by atoms with Gasteiger partial charge in [0.05, 0.1) is 11.3 Å². The number of alkyl halides is 1. The lowest BCUT2D eigenvalue weighted by molar-refractivity contribution is -0.159. The molecular formula is C21H27BrN2O5S. The van der Waals surface area contributed by atoms with Crippen LogP contribution in [0, 0.1) is 17.3 Å². The van der Waals surface area contributed by atoms with Crippen LogP contribution in [0.15, 0.2) is 29.2 Å². The zero-order valence-corrected chi connectivity index (χ0v) is 19.3. The fourth-order valence-electron chi connectivity index (χ4n) is 6.11. The van der Waals surface area contributed by atoms with Crippen LogP contribution >= 0.6 is 15.9 Å². The van der Waals surface area contributed by atoms with Crippen molar-refractivity contribution in [3.63, 3.8) is 0 Å². The van der Waals surface area contributed by atoms with Crippen molar-refractivity contribution in [3.05, 3.63) is 24.3 Å². The Morgan fingerprint density at radius 1 is 1.20 bits per heavy atom. The number of esters is 1. The van der Waals surface area contributed by atoms with Crippen LogP contribution < -0.4 is 10.5 Å².